The smallest absolute Gasteiger partial charge is 0.119 e. The third-order valence-electron chi connectivity index (χ3n) is 1.99. The first-order valence-electron chi connectivity index (χ1n) is 4.89. The second-order valence-electron chi connectivity index (χ2n) is 3.25. The van der Waals surface area contributed by atoms with Gasteiger partial charge in [-0.15, -0.1) is 11.8 Å². The van der Waals surface area contributed by atoms with E-state index in [4.69, 9.17) is 10.5 Å². The molecule has 0 amide bonds. The predicted molar refractivity (Wildman–Crippen MR) is 66.5 cm³/mol. The molecule has 0 atom stereocenters. The van der Waals surface area contributed by atoms with Crippen LogP contribution < -0.4 is 10.5 Å². The first-order chi connectivity index (χ1) is 7.26. The molecule has 0 saturated heterocycles. The summed E-state index contributed by atoms with van der Waals surface area (Å²) in [5.74, 6) is 0.901. The Labute approximate surface area is 95.5 Å². The van der Waals surface area contributed by atoms with Gasteiger partial charge in [-0.2, -0.15) is 0 Å². The standard InChI is InChI=1S/C12H17NOS/c1-10(7-8-13)9-14-11-3-5-12(15-2)6-4-11/h3-7H,8-9,13H2,1-2H3/b10-7+. The van der Waals surface area contributed by atoms with Crippen LogP contribution >= 0.6 is 11.8 Å². The van der Waals surface area contributed by atoms with Gasteiger partial charge in [0.05, 0.1) is 0 Å². The maximum Gasteiger partial charge on any atom is 0.119 e. The van der Waals surface area contributed by atoms with E-state index in [1.807, 2.05) is 25.1 Å². The number of benzene rings is 1. The number of ether oxygens (including phenoxy) is 1. The molecule has 0 spiro atoms. The van der Waals surface area contributed by atoms with Crippen LogP contribution in [0.5, 0.6) is 5.75 Å². The molecule has 0 saturated carbocycles. The Hall–Kier alpha value is -0.930. The molecule has 0 fully saturated rings. The largest absolute Gasteiger partial charge is 0.489 e. The van der Waals surface area contributed by atoms with Crippen molar-refractivity contribution in [3.05, 3.63) is 35.9 Å². The zero-order valence-corrected chi connectivity index (χ0v) is 10.0. The van der Waals surface area contributed by atoms with Crippen LogP contribution in [0.25, 0.3) is 0 Å². The molecule has 0 unspecified atom stereocenters. The molecule has 2 N–H and O–H groups in total. The number of hydrogen-bond acceptors (Lipinski definition) is 3. The van der Waals surface area contributed by atoms with Crippen molar-refractivity contribution in [2.45, 2.75) is 11.8 Å². The average molecular weight is 223 g/mol. The molecule has 0 aliphatic rings. The van der Waals surface area contributed by atoms with Crippen molar-refractivity contribution in [2.75, 3.05) is 19.4 Å². The SMILES string of the molecule is CSc1ccc(OC/C(C)=C/CN)cc1. The van der Waals surface area contributed by atoms with Crippen molar-refractivity contribution in [2.24, 2.45) is 5.73 Å². The van der Waals surface area contributed by atoms with E-state index < -0.39 is 0 Å². The Morgan fingerprint density at radius 1 is 1.40 bits per heavy atom. The zero-order valence-electron chi connectivity index (χ0n) is 9.19. The van der Waals surface area contributed by atoms with Gasteiger partial charge in [0.2, 0.25) is 0 Å². The summed E-state index contributed by atoms with van der Waals surface area (Å²) in [7, 11) is 0. The number of hydrogen-bond donors (Lipinski definition) is 1. The number of nitrogens with two attached hydrogens (primary N) is 1. The zero-order chi connectivity index (χ0) is 11.1. The average Bonchev–Trinajstić information content (AvgIpc) is 2.27. The molecule has 0 radical (unpaired) electrons. The molecule has 0 aliphatic carbocycles. The van der Waals surface area contributed by atoms with E-state index in [0.717, 1.165) is 11.3 Å². The van der Waals surface area contributed by atoms with E-state index >= 15 is 0 Å². The van der Waals surface area contributed by atoms with Gasteiger partial charge in [-0.3, -0.25) is 0 Å². The summed E-state index contributed by atoms with van der Waals surface area (Å²) in [6.45, 7) is 3.19. The van der Waals surface area contributed by atoms with Gasteiger partial charge in [-0.05, 0) is 43.0 Å². The lowest BCUT2D eigenvalue weighted by atomic mass is 10.3. The van der Waals surface area contributed by atoms with E-state index in [-0.39, 0.29) is 0 Å². The Bertz CT molecular complexity index is 319. The molecule has 2 nitrogen and oxygen atoms in total. The molecular weight excluding hydrogens is 206 g/mol. The normalized spacial score (nSPS) is 11.5. The minimum atomic E-state index is 0.570. The second-order valence-corrected chi connectivity index (χ2v) is 4.13. The Morgan fingerprint density at radius 3 is 2.60 bits per heavy atom. The Morgan fingerprint density at radius 2 is 2.07 bits per heavy atom. The molecule has 82 valence electrons. The van der Waals surface area contributed by atoms with Gasteiger partial charge >= 0.3 is 0 Å². The third kappa shape index (κ3) is 4.40. The van der Waals surface area contributed by atoms with E-state index in [9.17, 15) is 0 Å². The van der Waals surface area contributed by atoms with Crippen LogP contribution in [0.4, 0.5) is 0 Å². The number of rotatable bonds is 5. The summed E-state index contributed by atoms with van der Waals surface area (Å²) in [4.78, 5) is 1.25. The molecule has 0 heterocycles. The lowest BCUT2D eigenvalue weighted by Crippen LogP contribution is -2.02. The fourth-order valence-electron chi connectivity index (χ4n) is 1.13. The van der Waals surface area contributed by atoms with Crippen LogP contribution in [0.2, 0.25) is 0 Å². The lowest BCUT2D eigenvalue weighted by Gasteiger charge is -2.06. The molecule has 1 aromatic carbocycles. The minimum absolute atomic E-state index is 0.570. The fourth-order valence-corrected chi connectivity index (χ4v) is 1.54. The molecule has 0 bridgehead atoms. The quantitative estimate of drug-likeness (QED) is 0.615. The summed E-state index contributed by atoms with van der Waals surface area (Å²) in [6.07, 6.45) is 4.03. The van der Waals surface area contributed by atoms with Gasteiger partial charge < -0.3 is 10.5 Å². The molecule has 1 aromatic rings. The van der Waals surface area contributed by atoms with Gasteiger partial charge in [0.25, 0.3) is 0 Å². The van der Waals surface area contributed by atoms with Crippen LogP contribution in [0.15, 0.2) is 40.8 Å². The topological polar surface area (TPSA) is 35.2 Å². The van der Waals surface area contributed by atoms with Crippen molar-refractivity contribution >= 4 is 11.8 Å². The highest BCUT2D eigenvalue weighted by molar-refractivity contribution is 7.98. The van der Waals surface area contributed by atoms with Crippen molar-refractivity contribution in [3.63, 3.8) is 0 Å². The molecule has 15 heavy (non-hydrogen) atoms. The van der Waals surface area contributed by atoms with Crippen molar-refractivity contribution in [1.29, 1.82) is 0 Å². The van der Waals surface area contributed by atoms with Gasteiger partial charge in [0, 0.05) is 11.4 Å². The van der Waals surface area contributed by atoms with Gasteiger partial charge in [0.1, 0.15) is 12.4 Å². The summed E-state index contributed by atoms with van der Waals surface area (Å²) in [5.41, 5.74) is 6.56. The predicted octanol–water partition coefficient (Wildman–Crippen LogP) is 2.69. The van der Waals surface area contributed by atoms with E-state index in [0.29, 0.717) is 13.2 Å². The third-order valence-corrected chi connectivity index (χ3v) is 2.74. The van der Waals surface area contributed by atoms with Crippen LogP contribution in [0.3, 0.4) is 0 Å². The van der Waals surface area contributed by atoms with E-state index in [2.05, 4.69) is 18.4 Å². The monoisotopic (exact) mass is 223 g/mol. The van der Waals surface area contributed by atoms with E-state index in [1.165, 1.54) is 4.90 Å². The molecule has 1 rings (SSSR count). The number of thioether (sulfide) groups is 1. The first-order valence-corrected chi connectivity index (χ1v) is 6.11. The Balaban J connectivity index is 2.47. The first kappa shape index (κ1) is 12.1. The fraction of sp³-hybridized carbons (Fsp3) is 0.333. The molecular formula is C12H17NOS. The molecule has 3 heteroatoms. The van der Waals surface area contributed by atoms with Crippen LogP contribution in [-0.4, -0.2) is 19.4 Å². The highest BCUT2D eigenvalue weighted by atomic mass is 32.2. The summed E-state index contributed by atoms with van der Waals surface area (Å²) >= 11 is 1.73. The molecule has 0 aromatic heterocycles. The van der Waals surface area contributed by atoms with Crippen molar-refractivity contribution in [3.8, 4) is 5.75 Å². The lowest BCUT2D eigenvalue weighted by molar-refractivity contribution is 0.351. The van der Waals surface area contributed by atoms with Crippen molar-refractivity contribution in [1.82, 2.24) is 0 Å². The maximum absolute atomic E-state index is 5.59. The summed E-state index contributed by atoms with van der Waals surface area (Å²) < 4.78 is 5.59. The minimum Gasteiger partial charge on any atom is -0.489 e. The van der Waals surface area contributed by atoms with Crippen LogP contribution in [0, 0.1) is 0 Å². The van der Waals surface area contributed by atoms with Crippen molar-refractivity contribution < 1.29 is 4.74 Å². The summed E-state index contributed by atoms with van der Waals surface area (Å²) in [5, 5.41) is 0. The summed E-state index contributed by atoms with van der Waals surface area (Å²) in [6, 6.07) is 8.09. The van der Waals surface area contributed by atoms with Gasteiger partial charge in [-0.1, -0.05) is 6.08 Å². The highest BCUT2D eigenvalue weighted by Gasteiger charge is 1.95. The van der Waals surface area contributed by atoms with Crippen LogP contribution in [-0.2, 0) is 0 Å². The Kier molecular flexibility index (Phi) is 5.29. The molecule has 0 aliphatic heterocycles. The maximum atomic E-state index is 5.59. The second kappa shape index (κ2) is 6.53. The van der Waals surface area contributed by atoms with Gasteiger partial charge in [-0.25, -0.2) is 0 Å². The van der Waals surface area contributed by atoms with E-state index in [1.54, 1.807) is 11.8 Å². The van der Waals surface area contributed by atoms with Gasteiger partial charge in [0.15, 0.2) is 0 Å². The van der Waals surface area contributed by atoms with Crippen LogP contribution in [0.1, 0.15) is 6.92 Å². The highest BCUT2D eigenvalue weighted by Crippen LogP contribution is 2.19.